The van der Waals surface area contributed by atoms with Crippen LogP contribution in [0.4, 0.5) is 17.1 Å². The van der Waals surface area contributed by atoms with Crippen LogP contribution < -0.4 is 0 Å². The molecule has 0 N–H and O–H groups in total. The van der Waals surface area contributed by atoms with Crippen LogP contribution in [0.1, 0.15) is 0 Å². The van der Waals surface area contributed by atoms with Crippen molar-refractivity contribution in [2.24, 2.45) is 10.2 Å². The van der Waals surface area contributed by atoms with Gasteiger partial charge in [-0.1, -0.05) is 36.4 Å². The molecule has 0 bridgehead atoms. The van der Waals surface area contributed by atoms with Crippen molar-refractivity contribution < 1.29 is 13.3 Å². The summed E-state index contributed by atoms with van der Waals surface area (Å²) < 4.78 is 25.8. The third kappa shape index (κ3) is 3.65. The van der Waals surface area contributed by atoms with Gasteiger partial charge in [-0.05, 0) is 30.3 Å². The second kappa shape index (κ2) is 7.24. The number of rotatable bonds is 5. The van der Waals surface area contributed by atoms with Crippen molar-refractivity contribution in [2.75, 3.05) is 0 Å². The summed E-state index contributed by atoms with van der Waals surface area (Å²) in [5.74, 6) is 0. The minimum atomic E-state index is -3.99. The lowest BCUT2D eigenvalue weighted by Crippen LogP contribution is -2.03. The number of hydrogen-bond donors (Lipinski definition) is 0. The molecule has 0 radical (unpaired) electrons. The Kier molecular flexibility index (Phi) is 4.85. The minimum Gasteiger partial charge on any atom is -0.258 e. The highest BCUT2D eigenvalue weighted by atomic mass is 32.2. The van der Waals surface area contributed by atoms with Gasteiger partial charge in [0.1, 0.15) is 10.6 Å². The van der Waals surface area contributed by atoms with Crippen molar-refractivity contribution >= 4 is 26.9 Å². The first-order valence-corrected chi connectivity index (χ1v) is 9.02. The van der Waals surface area contributed by atoms with Gasteiger partial charge in [0.15, 0.2) is 0 Å². The van der Waals surface area contributed by atoms with Crippen LogP contribution >= 0.6 is 0 Å². The van der Waals surface area contributed by atoms with Gasteiger partial charge in [0, 0.05) is 12.1 Å². The number of benzene rings is 3. The average Bonchev–Trinajstić information content (AvgIpc) is 2.67. The van der Waals surface area contributed by atoms with E-state index in [0.29, 0.717) is 5.69 Å². The topological polar surface area (TPSA) is 102 Å². The number of nitro groups is 1. The molecule has 0 amide bonds. The van der Waals surface area contributed by atoms with Crippen LogP contribution in [-0.4, -0.2) is 13.3 Å². The molecule has 0 aliphatic rings. The van der Waals surface area contributed by atoms with E-state index in [1.54, 1.807) is 42.5 Å². The summed E-state index contributed by atoms with van der Waals surface area (Å²) in [5.41, 5.74) is 0.232. The Bertz CT molecular complexity index is 1070. The first-order valence-electron chi connectivity index (χ1n) is 7.54. The largest absolute Gasteiger partial charge is 0.270 e. The van der Waals surface area contributed by atoms with E-state index in [1.807, 2.05) is 6.07 Å². The predicted octanol–water partition coefficient (Wildman–Crippen LogP) is 4.84. The van der Waals surface area contributed by atoms with E-state index in [2.05, 4.69) is 10.2 Å². The molecule has 0 unspecified atom stereocenters. The molecule has 0 saturated heterocycles. The Morgan fingerprint density at radius 2 is 1.42 bits per heavy atom. The molecule has 0 atom stereocenters. The van der Waals surface area contributed by atoms with Crippen LogP contribution in [0.2, 0.25) is 0 Å². The van der Waals surface area contributed by atoms with Gasteiger partial charge in [0.05, 0.1) is 15.5 Å². The summed E-state index contributed by atoms with van der Waals surface area (Å²) >= 11 is 0. The van der Waals surface area contributed by atoms with Gasteiger partial charge in [-0.2, -0.15) is 5.11 Å². The van der Waals surface area contributed by atoms with Gasteiger partial charge in [-0.15, -0.1) is 5.11 Å². The maximum Gasteiger partial charge on any atom is 0.270 e. The fraction of sp³-hybridized carbons (Fsp3) is 0. The maximum absolute atomic E-state index is 12.9. The van der Waals surface area contributed by atoms with Crippen molar-refractivity contribution in [1.82, 2.24) is 0 Å². The zero-order valence-corrected chi connectivity index (χ0v) is 14.2. The molecule has 0 aliphatic carbocycles. The van der Waals surface area contributed by atoms with E-state index in [-0.39, 0.29) is 21.2 Å². The van der Waals surface area contributed by atoms with Crippen molar-refractivity contribution in [2.45, 2.75) is 9.79 Å². The van der Waals surface area contributed by atoms with E-state index in [9.17, 15) is 18.5 Å². The number of hydrogen-bond acceptors (Lipinski definition) is 6. The molecule has 0 fully saturated rings. The second-order valence-electron chi connectivity index (χ2n) is 5.26. The van der Waals surface area contributed by atoms with Crippen LogP contribution in [-0.2, 0) is 9.84 Å². The van der Waals surface area contributed by atoms with Crippen LogP contribution in [0.25, 0.3) is 0 Å². The molecule has 3 rings (SSSR count). The zero-order valence-electron chi connectivity index (χ0n) is 13.4. The summed E-state index contributed by atoms with van der Waals surface area (Å²) in [6, 6.07) is 19.9. The molecular weight excluding hydrogens is 354 g/mol. The lowest BCUT2D eigenvalue weighted by atomic mass is 10.3. The lowest BCUT2D eigenvalue weighted by molar-refractivity contribution is -0.385. The van der Waals surface area contributed by atoms with Gasteiger partial charge in [0.2, 0.25) is 9.84 Å². The number of azo groups is 1. The molecule has 7 nitrogen and oxygen atoms in total. The number of nitro benzene ring substituents is 1. The Morgan fingerprint density at radius 3 is 2.04 bits per heavy atom. The fourth-order valence-electron chi connectivity index (χ4n) is 2.25. The van der Waals surface area contributed by atoms with E-state index < -0.39 is 14.8 Å². The van der Waals surface area contributed by atoms with Crippen molar-refractivity contribution in [3.05, 3.63) is 89.0 Å². The summed E-state index contributed by atoms with van der Waals surface area (Å²) in [6.45, 7) is 0. The molecule has 0 aromatic heterocycles. The number of non-ortho nitro benzene ring substituents is 1. The standard InChI is InChI=1S/C18H13N3O4S/c22-21(23)15-11-12-17(20-19-14-7-3-1-4-8-14)18(13-15)26(24,25)16-9-5-2-6-10-16/h1-13H. The van der Waals surface area contributed by atoms with E-state index in [4.69, 9.17) is 0 Å². The molecule has 0 heterocycles. The number of sulfone groups is 1. The number of nitrogens with zero attached hydrogens (tertiary/aromatic N) is 3. The molecule has 26 heavy (non-hydrogen) atoms. The van der Waals surface area contributed by atoms with Crippen molar-refractivity contribution in [1.29, 1.82) is 0 Å². The van der Waals surface area contributed by atoms with Crippen molar-refractivity contribution in [3.63, 3.8) is 0 Å². The predicted molar refractivity (Wildman–Crippen MR) is 95.6 cm³/mol. The Balaban J connectivity index is 2.14. The third-order valence-electron chi connectivity index (χ3n) is 3.53. The highest BCUT2D eigenvalue weighted by Crippen LogP contribution is 2.33. The van der Waals surface area contributed by atoms with Gasteiger partial charge in [0.25, 0.3) is 5.69 Å². The minimum absolute atomic E-state index is 0.0247. The molecule has 130 valence electrons. The fourth-order valence-corrected chi connectivity index (χ4v) is 3.68. The molecule has 0 spiro atoms. The van der Waals surface area contributed by atoms with Crippen molar-refractivity contribution in [3.8, 4) is 0 Å². The Morgan fingerprint density at radius 1 is 0.808 bits per heavy atom. The van der Waals surface area contributed by atoms with Gasteiger partial charge >= 0.3 is 0 Å². The monoisotopic (exact) mass is 367 g/mol. The van der Waals surface area contributed by atoms with Gasteiger partial charge < -0.3 is 0 Å². The van der Waals surface area contributed by atoms with Gasteiger partial charge in [-0.25, -0.2) is 8.42 Å². The highest BCUT2D eigenvalue weighted by Gasteiger charge is 2.24. The summed E-state index contributed by atoms with van der Waals surface area (Å²) in [6.07, 6.45) is 0. The second-order valence-corrected chi connectivity index (χ2v) is 7.18. The molecular formula is C18H13N3O4S. The summed E-state index contributed by atoms with van der Waals surface area (Å²) in [4.78, 5) is 10.2. The molecule has 3 aromatic rings. The van der Waals surface area contributed by atoms with E-state index >= 15 is 0 Å². The smallest absolute Gasteiger partial charge is 0.258 e. The zero-order chi connectivity index (χ0) is 18.6. The molecule has 0 aliphatic heterocycles. The quantitative estimate of drug-likeness (QED) is 0.365. The lowest BCUT2D eigenvalue weighted by Gasteiger charge is -2.07. The van der Waals surface area contributed by atoms with Crippen LogP contribution in [0, 0.1) is 10.1 Å². The van der Waals surface area contributed by atoms with E-state index in [0.717, 1.165) is 6.07 Å². The Labute approximate surface area is 149 Å². The molecule has 0 saturated carbocycles. The van der Waals surface area contributed by atoms with E-state index in [1.165, 1.54) is 24.3 Å². The SMILES string of the molecule is O=[N+]([O-])c1ccc(N=Nc2ccccc2)c(S(=O)(=O)c2ccccc2)c1. The van der Waals surface area contributed by atoms with Crippen LogP contribution in [0.15, 0.2) is 98.9 Å². The Hall–Kier alpha value is -3.39. The summed E-state index contributed by atoms with van der Waals surface area (Å²) in [7, 11) is -3.99. The van der Waals surface area contributed by atoms with Crippen LogP contribution in [0.5, 0.6) is 0 Å². The first kappa shape index (κ1) is 17.4. The third-order valence-corrected chi connectivity index (χ3v) is 5.33. The van der Waals surface area contributed by atoms with Gasteiger partial charge in [-0.3, -0.25) is 10.1 Å². The van der Waals surface area contributed by atoms with Crippen LogP contribution in [0.3, 0.4) is 0 Å². The summed E-state index contributed by atoms with van der Waals surface area (Å²) in [5, 5.41) is 19.1. The normalized spacial score (nSPS) is 11.5. The molecule has 8 heteroatoms. The highest BCUT2D eigenvalue weighted by molar-refractivity contribution is 7.91. The molecule has 3 aromatic carbocycles. The first-order chi connectivity index (χ1) is 12.5. The average molecular weight is 367 g/mol. The maximum atomic E-state index is 12.9.